The Bertz CT molecular complexity index is 831. The molecule has 1 atom stereocenters. The van der Waals surface area contributed by atoms with E-state index in [9.17, 15) is 18.0 Å². The van der Waals surface area contributed by atoms with Crippen LogP contribution in [0.2, 0.25) is 0 Å². The van der Waals surface area contributed by atoms with Gasteiger partial charge in [-0.15, -0.1) is 11.8 Å². The van der Waals surface area contributed by atoms with Gasteiger partial charge in [-0.25, -0.2) is 8.42 Å². The number of hydrogen-bond acceptors (Lipinski definition) is 5. The van der Waals surface area contributed by atoms with Crippen molar-refractivity contribution in [1.29, 1.82) is 0 Å². The van der Waals surface area contributed by atoms with Gasteiger partial charge >= 0.3 is 0 Å². The number of fused-ring (bicyclic) bond motifs is 1. The van der Waals surface area contributed by atoms with Crippen LogP contribution in [0.1, 0.15) is 58.3 Å². The zero-order valence-electron chi connectivity index (χ0n) is 16.2. The summed E-state index contributed by atoms with van der Waals surface area (Å²) in [6.45, 7) is 1.97. The second-order valence-corrected chi connectivity index (χ2v) is 11.3. The molecule has 1 fully saturated rings. The first-order valence-corrected chi connectivity index (χ1v) is 12.5. The van der Waals surface area contributed by atoms with E-state index in [4.69, 9.17) is 0 Å². The summed E-state index contributed by atoms with van der Waals surface area (Å²) in [5.74, 6) is -0.555. The molecule has 8 heteroatoms. The number of hydrogen-bond donors (Lipinski definition) is 2. The van der Waals surface area contributed by atoms with Gasteiger partial charge in [0.2, 0.25) is 11.8 Å². The van der Waals surface area contributed by atoms with E-state index >= 15 is 0 Å². The number of anilines is 1. The molecule has 1 aliphatic carbocycles. The van der Waals surface area contributed by atoms with Crippen molar-refractivity contribution in [2.24, 2.45) is 0 Å². The quantitative estimate of drug-likeness (QED) is 0.706. The molecular formula is C20H28N2O4S2. The number of carbonyl (C=O) groups excluding carboxylic acids is 2. The van der Waals surface area contributed by atoms with Crippen LogP contribution >= 0.6 is 11.8 Å². The Kier molecular flexibility index (Phi) is 7.04. The Labute approximate surface area is 171 Å². The highest BCUT2D eigenvalue weighted by atomic mass is 32.2. The molecule has 0 saturated heterocycles. The molecule has 2 aliphatic rings. The lowest BCUT2D eigenvalue weighted by atomic mass is 10.1. The van der Waals surface area contributed by atoms with Crippen molar-refractivity contribution >= 4 is 39.1 Å². The van der Waals surface area contributed by atoms with E-state index in [1.165, 1.54) is 18.9 Å². The summed E-state index contributed by atoms with van der Waals surface area (Å²) in [5.41, 5.74) is 0.531. The fourth-order valence-corrected chi connectivity index (χ4v) is 6.01. The predicted molar refractivity (Wildman–Crippen MR) is 111 cm³/mol. The topological polar surface area (TPSA) is 92.3 Å². The summed E-state index contributed by atoms with van der Waals surface area (Å²) in [6.07, 6.45) is 6.91. The van der Waals surface area contributed by atoms with Gasteiger partial charge in [0.25, 0.3) is 0 Å². The van der Waals surface area contributed by atoms with Crippen LogP contribution < -0.4 is 10.6 Å². The van der Waals surface area contributed by atoms with Crippen LogP contribution in [0.4, 0.5) is 5.69 Å². The highest BCUT2D eigenvalue weighted by Crippen LogP contribution is 2.36. The minimum Gasteiger partial charge on any atom is -0.353 e. The van der Waals surface area contributed by atoms with E-state index in [0.717, 1.165) is 30.6 Å². The van der Waals surface area contributed by atoms with E-state index in [0.29, 0.717) is 12.1 Å². The van der Waals surface area contributed by atoms with E-state index in [1.54, 1.807) is 23.9 Å². The van der Waals surface area contributed by atoms with Crippen LogP contribution in [-0.4, -0.2) is 37.3 Å². The van der Waals surface area contributed by atoms with Crippen LogP contribution in [0.15, 0.2) is 28.0 Å². The number of amides is 2. The molecule has 1 heterocycles. The van der Waals surface area contributed by atoms with Gasteiger partial charge < -0.3 is 10.6 Å². The van der Waals surface area contributed by atoms with Crippen molar-refractivity contribution < 1.29 is 18.0 Å². The molecule has 2 N–H and O–H groups in total. The smallest absolute Gasteiger partial charge is 0.225 e. The first kappa shape index (κ1) is 21.2. The number of benzene rings is 1. The minimum absolute atomic E-state index is 0.0476. The molecular weight excluding hydrogens is 396 g/mol. The molecule has 0 spiro atoms. The van der Waals surface area contributed by atoms with Crippen molar-refractivity contribution in [1.82, 2.24) is 5.32 Å². The van der Waals surface area contributed by atoms with Gasteiger partial charge in [-0.05, 0) is 31.0 Å². The summed E-state index contributed by atoms with van der Waals surface area (Å²) >= 11 is 1.55. The number of thioether (sulfide) groups is 1. The monoisotopic (exact) mass is 424 g/mol. The summed E-state index contributed by atoms with van der Waals surface area (Å²) in [5, 5.41) is 5.91. The maximum absolute atomic E-state index is 12.7. The highest BCUT2D eigenvalue weighted by Gasteiger charge is 2.23. The van der Waals surface area contributed by atoms with Crippen molar-refractivity contribution in [2.45, 2.75) is 79.4 Å². The highest BCUT2D eigenvalue weighted by molar-refractivity contribution is 8.00. The van der Waals surface area contributed by atoms with Crippen LogP contribution in [0.25, 0.3) is 0 Å². The van der Waals surface area contributed by atoms with Gasteiger partial charge in [0.15, 0.2) is 9.84 Å². The Morgan fingerprint density at radius 1 is 1.21 bits per heavy atom. The molecule has 1 saturated carbocycles. The van der Waals surface area contributed by atoms with E-state index < -0.39 is 9.84 Å². The normalized spacial score (nSPS) is 21.2. The molecule has 1 aromatic rings. The molecule has 0 radical (unpaired) electrons. The molecule has 2 amide bonds. The van der Waals surface area contributed by atoms with Crippen LogP contribution in [0, 0.1) is 0 Å². The molecule has 6 nitrogen and oxygen atoms in total. The minimum atomic E-state index is -3.60. The standard InChI is InChI=1S/C20H28N2O4S2/c1-14-12-20(24)22-17-13-16(8-9-18(17)27-14)28(25,26)11-10-19(23)21-15-6-4-2-3-5-7-15/h8-9,13-15H,2-7,10-12H2,1H3,(H,21,23)(H,22,24). The molecule has 1 aliphatic heterocycles. The van der Waals surface area contributed by atoms with Crippen molar-refractivity contribution in [3.63, 3.8) is 0 Å². The first-order valence-electron chi connectivity index (χ1n) is 9.96. The first-order chi connectivity index (χ1) is 13.3. The maximum Gasteiger partial charge on any atom is 0.225 e. The summed E-state index contributed by atoms with van der Waals surface area (Å²) in [7, 11) is -3.60. The van der Waals surface area contributed by atoms with Gasteiger partial charge in [0.1, 0.15) is 0 Å². The molecule has 28 heavy (non-hydrogen) atoms. The second-order valence-electron chi connectivity index (χ2n) is 7.66. The van der Waals surface area contributed by atoms with Crippen molar-refractivity contribution in [2.75, 3.05) is 11.1 Å². The lowest BCUT2D eigenvalue weighted by Gasteiger charge is -2.16. The van der Waals surface area contributed by atoms with Crippen LogP contribution in [-0.2, 0) is 19.4 Å². The van der Waals surface area contributed by atoms with E-state index in [2.05, 4.69) is 10.6 Å². The SMILES string of the molecule is CC1CC(=O)Nc2cc(S(=O)(=O)CCC(=O)NC3CCCCCC3)ccc2S1. The average molecular weight is 425 g/mol. The number of nitrogens with one attached hydrogen (secondary N) is 2. The van der Waals surface area contributed by atoms with Gasteiger partial charge in [-0.1, -0.05) is 32.6 Å². The Morgan fingerprint density at radius 2 is 1.93 bits per heavy atom. The average Bonchev–Trinajstić information content (AvgIpc) is 2.96. The molecule has 1 aromatic carbocycles. The third-order valence-electron chi connectivity index (χ3n) is 5.20. The molecule has 0 aromatic heterocycles. The second kappa shape index (κ2) is 9.31. The lowest BCUT2D eigenvalue weighted by Crippen LogP contribution is -2.35. The largest absolute Gasteiger partial charge is 0.353 e. The van der Waals surface area contributed by atoms with Crippen molar-refractivity contribution in [3.05, 3.63) is 18.2 Å². The molecule has 154 valence electrons. The van der Waals surface area contributed by atoms with Gasteiger partial charge in [0.05, 0.1) is 16.3 Å². The molecule has 1 unspecified atom stereocenters. The van der Waals surface area contributed by atoms with Crippen LogP contribution in [0.3, 0.4) is 0 Å². The fraction of sp³-hybridized carbons (Fsp3) is 0.600. The van der Waals surface area contributed by atoms with Crippen molar-refractivity contribution in [3.8, 4) is 0 Å². The Hall–Kier alpha value is -1.54. The Morgan fingerprint density at radius 3 is 2.64 bits per heavy atom. The number of sulfone groups is 1. The third kappa shape index (κ3) is 5.73. The number of carbonyl (C=O) groups is 2. The van der Waals surface area contributed by atoms with Gasteiger partial charge in [-0.3, -0.25) is 9.59 Å². The van der Waals surface area contributed by atoms with Gasteiger partial charge in [0, 0.05) is 29.0 Å². The lowest BCUT2D eigenvalue weighted by molar-refractivity contribution is -0.121. The third-order valence-corrected chi connectivity index (χ3v) is 8.10. The van der Waals surface area contributed by atoms with Crippen LogP contribution in [0.5, 0.6) is 0 Å². The van der Waals surface area contributed by atoms with E-state index in [-0.39, 0.29) is 40.2 Å². The summed E-state index contributed by atoms with van der Waals surface area (Å²) in [6, 6.07) is 4.98. The zero-order chi connectivity index (χ0) is 20.1. The molecule has 0 bridgehead atoms. The number of rotatable bonds is 5. The van der Waals surface area contributed by atoms with E-state index in [1.807, 2.05) is 6.92 Å². The maximum atomic E-state index is 12.7. The zero-order valence-corrected chi connectivity index (χ0v) is 17.8. The summed E-state index contributed by atoms with van der Waals surface area (Å²) in [4.78, 5) is 25.1. The summed E-state index contributed by atoms with van der Waals surface area (Å²) < 4.78 is 25.4. The van der Waals surface area contributed by atoms with Gasteiger partial charge in [-0.2, -0.15) is 0 Å². The fourth-order valence-electron chi connectivity index (χ4n) is 3.69. The Balaban J connectivity index is 1.63. The molecule has 3 rings (SSSR count). The predicted octanol–water partition coefficient (Wildman–Crippen LogP) is 3.51.